The monoisotopic (exact) mass is 261 g/mol. The summed E-state index contributed by atoms with van der Waals surface area (Å²) in [5, 5.41) is 10.3. The Kier molecular flexibility index (Phi) is 3.81. The normalized spacial score (nSPS) is 12.3. The van der Waals surface area contributed by atoms with Crippen LogP contribution in [-0.4, -0.2) is 17.2 Å². The molecule has 19 heavy (non-hydrogen) atoms. The van der Waals surface area contributed by atoms with Crippen molar-refractivity contribution >= 4 is 0 Å². The summed E-state index contributed by atoms with van der Waals surface area (Å²) >= 11 is 0. The van der Waals surface area contributed by atoms with Crippen molar-refractivity contribution < 1.29 is 14.2 Å². The van der Waals surface area contributed by atoms with Crippen molar-refractivity contribution in [1.29, 1.82) is 0 Å². The largest absolute Gasteiger partial charge is 0.496 e. The number of aryl methyl sites for hydroxylation is 2. The molecule has 1 N–H and O–H groups in total. The van der Waals surface area contributed by atoms with E-state index < -0.39 is 11.9 Å². The highest BCUT2D eigenvalue weighted by Gasteiger charge is 2.16. The number of nitrogens with zero attached hydrogens (tertiary/aromatic N) is 1. The number of methoxy groups -OCH3 is 1. The summed E-state index contributed by atoms with van der Waals surface area (Å²) in [5.74, 6) is 0.310. The Labute approximate surface area is 111 Å². The van der Waals surface area contributed by atoms with Crippen LogP contribution in [-0.2, 0) is 0 Å². The van der Waals surface area contributed by atoms with E-state index in [1.807, 2.05) is 26.0 Å². The van der Waals surface area contributed by atoms with Gasteiger partial charge in [0.1, 0.15) is 17.7 Å². The van der Waals surface area contributed by atoms with Gasteiger partial charge in [-0.25, -0.2) is 4.39 Å². The number of rotatable bonds is 3. The standard InChI is InChI=1S/C15H16FNO2/c1-9-5-14(19-3)10(2)4-13(9)15(18)11-6-12(16)8-17-7-11/h4-8,15,18H,1-3H3. The Hall–Kier alpha value is -1.94. The molecule has 0 saturated carbocycles. The smallest absolute Gasteiger partial charge is 0.141 e. The van der Waals surface area contributed by atoms with E-state index in [1.54, 1.807) is 7.11 Å². The number of aliphatic hydroxyl groups is 1. The molecule has 0 bridgehead atoms. The summed E-state index contributed by atoms with van der Waals surface area (Å²) in [6.07, 6.45) is 1.68. The molecule has 2 aromatic rings. The minimum atomic E-state index is -0.896. The Morgan fingerprint density at radius 3 is 2.53 bits per heavy atom. The third kappa shape index (κ3) is 2.74. The van der Waals surface area contributed by atoms with Crippen molar-refractivity contribution in [3.8, 4) is 5.75 Å². The third-order valence-electron chi connectivity index (χ3n) is 3.12. The zero-order valence-electron chi connectivity index (χ0n) is 11.1. The van der Waals surface area contributed by atoms with Crippen LogP contribution in [0.2, 0.25) is 0 Å². The molecule has 2 rings (SSSR count). The first-order chi connectivity index (χ1) is 9.02. The van der Waals surface area contributed by atoms with Crippen LogP contribution in [0.1, 0.15) is 28.4 Å². The molecule has 0 aliphatic carbocycles. The fraction of sp³-hybridized carbons (Fsp3) is 0.267. The van der Waals surface area contributed by atoms with E-state index >= 15 is 0 Å². The van der Waals surface area contributed by atoms with E-state index in [-0.39, 0.29) is 0 Å². The van der Waals surface area contributed by atoms with Crippen molar-refractivity contribution in [2.45, 2.75) is 20.0 Å². The van der Waals surface area contributed by atoms with Gasteiger partial charge < -0.3 is 9.84 Å². The first kappa shape index (κ1) is 13.5. The van der Waals surface area contributed by atoms with E-state index in [9.17, 15) is 9.50 Å². The van der Waals surface area contributed by atoms with Gasteiger partial charge in [-0.2, -0.15) is 0 Å². The molecule has 0 amide bonds. The van der Waals surface area contributed by atoms with E-state index in [0.717, 1.165) is 28.6 Å². The minimum absolute atomic E-state index is 0.438. The molecule has 0 fully saturated rings. The molecule has 1 atom stereocenters. The van der Waals surface area contributed by atoms with Gasteiger partial charge in [-0.1, -0.05) is 0 Å². The number of pyridine rings is 1. The van der Waals surface area contributed by atoms with Gasteiger partial charge in [0, 0.05) is 11.8 Å². The highest BCUT2D eigenvalue weighted by atomic mass is 19.1. The van der Waals surface area contributed by atoms with Gasteiger partial charge in [-0.05, 0) is 48.7 Å². The van der Waals surface area contributed by atoms with Gasteiger partial charge in [-0.15, -0.1) is 0 Å². The molecule has 1 aromatic carbocycles. The van der Waals surface area contributed by atoms with Crippen molar-refractivity contribution in [3.63, 3.8) is 0 Å². The second kappa shape index (κ2) is 5.36. The van der Waals surface area contributed by atoms with Gasteiger partial charge >= 0.3 is 0 Å². The topological polar surface area (TPSA) is 42.4 Å². The van der Waals surface area contributed by atoms with Crippen molar-refractivity contribution in [2.24, 2.45) is 0 Å². The van der Waals surface area contributed by atoms with Crippen LogP contribution < -0.4 is 4.74 Å². The third-order valence-corrected chi connectivity index (χ3v) is 3.12. The van der Waals surface area contributed by atoms with Gasteiger partial charge in [-0.3, -0.25) is 4.98 Å². The Balaban J connectivity index is 2.44. The average molecular weight is 261 g/mol. The van der Waals surface area contributed by atoms with E-state index in [0.29, 0.717) is 5.56 Å². The lowest BCUT2D eigenvalue weighted by Gasteiger charge is -2.16. The van der Waals surface area contributed by atoms with Crippen molar-refractivity contribution in [1.82, 2.24) is 4.98 Å². The van der Waals surface area contributed by atoms with E-state index in [1.165, 1.54) is 12.3 Å². The molecule has 1 aromatic heterocycles. The molecule has 0 radical (unpaired) electrons. The van der Waals surface area contributed by atoms with Crippen LogP contribution in [0.25, 0.3) is 0 Å². The minimum Gasteiger partial charge on any atom is -0.496 e. The number of aliphatic hydroxyl groups excluding tert-OH is 1. The second-order valence-corrected chi connectivity index (χ2v) is 4.52. The Bertz CT molecular complexity index is 599. The first-order valence-corrected chi connectivity index (χ1v) is 5.96. The molecule has 4 heteroatoms. The predicted octanol–water partition coefficient (Wildman–Crippen LogP) is 2.93. The van der Waals surface area contributed by atoms with Crippen molar-refractivity contribution in [2.75, 3.05) is 7.11 Å². The van der Waals surface area contributed by atoms with Crippen LogP contribution >= 0.6 is 0 Å². The molecule has 3 nitrogen and oxygen atoms in total. The lowest BCUT2D eigenvalue weighted by atomic mass is 9.96. The Morgan fingerprint density at radius 2 is 1.89 bits per heavy atom. The van der Waals surface area contributed by atoms with E-state index in [4.69, 9.17) is 4.74 Å². The highest BCUT2D eigenvalue weighted by molar-refractivity contribution is 5.44. The van der Waals surface area contributed by atoms with Crippen LogP contribution in [0.4, 0.5) is 4.39 Å². The van der Waals surface area contributed by atoms with Gasteiger partial charge in [0.15, 0.2) is 0 Å². The maximum Gasteiger partial charge on any atom is 0.141 e. The molecule has 100 valence electrons. The molecule has 0 saturated heterocycles. The quantitative estimate of drug-likeness (QED) is 0.923. The van der Waals surface area contributed by atoms with Gasteiger partial charge in [0.2, 0.25) is 0 Å². The molecule has 1 heterocycles. The zero-order valence-corrected chi connectivity index (χ0v) is 11.1. The lowest BCUT2D eigenvalue weighted by Crippen LogP contribution is -2.04. The molecule has 0 aliphatic rings. The van der Waals surface area contributed by atoms with Gasteiger partial charge in [0.05, 0.1) is 13.3 Å². The fourth-order valence-corrected chi connectivity index (χ4v) is 2.08. The molecule has 1 unspecified atom stereocenters. The first-order valence-electron chi connectivity index (χ1n) is 5.96. The van der Waals surface area contributed by atoms with Crippen LogP contribution in [0.5, 0.6) is 5.75 Å². The number of halogens is 1. The Morgan fingerprint density at radius 1 is 1.16 bits per heavy atom. The van der Waals surface area contributed by atoms with Crippen LogP contribution in [0, 0.1) is 19.7 Å². The summed E-state index contributed by atoms with van der Waals surface area (Å²) in [7, 11) is 1.61. The highest BCUT2D eigenvalue weighted by Crippen LogP contribution is 2.30. The van der Waals surface area contributed by atoms with Crippen LogP contribution in [0.3, 0.4) is 0 Å². The summed E-state index contributed by atoms with van der Waals surface area (Å²) in [6.45, 7) is 3.78. The van der Waals surface area contributed by atoms with Crippen LogP contribution in [0.15, 0.2) is 30.6 Å². The maximum atomic E-state index is 13.1. The number of ether oxygens (including phenoxy) is 1. The lowest BCUT2D eigenvalue weighted by molar-refractivity contribution is 0.218. The SMILES string of the molecule is COc1cc(C)c(C(O)c2cncc(F)c2)cc1C. The summed E-state index contributed by atoms with van der Waals surface area (Å²) in [5.41, 5.74) is 2.98. The summed E-state index contributed by atoms with van der Waals surface area (Å²) in [6, 6.07) is 5.00. The fourth-order valence-electron chi connectivity index (χ4n) is 2.08. The summed E-state index contributed by atoms with van der Waals surface area (Å²) < 4.78 is 18.4. The maximum absolute atomic E-state index is 13.1. The second-order valence-electron chi connectivity index (χ2n) is 4.52. The zero-order chi connectivity index (χ0) is 14.0. The number of hydrogen-bond donors (Lipinski definition) is 1. The predicted molar refractivity (Wildman–Crippen MR) is 70.7 cm³/mol. The number of aromatic nitrogens is 1. The molecule has 0 aliphatic heterocycles. The molecular weight excluding hydrogens is 245 g/mol. The molecular formula is C15H16FNO2. The van der Waals surface area contributed by atoms with Crippen molar-refractivity contribution in [3.05, 3.63) is 58.7 Å². The van der Waals surface area contributed by atoms with E-state index in [2.05, 4.69) is 4.98 Å². The number of hydrogen-bond acceptors (Lipinski definition) is 3. The van der Waals surface area contributed by atoms with Gasteiger partial charge in [0.25, 0.3) is 0 Å². The summed E-state index contributed by atoms with van der Waals surface area (Å²) in [4.78, 5) is 3.76. The molecule has 0 spiro atoms. The number of benzene rings is 1. The average Bonchev–Trinajstić information content (AvgIpc) is 2.40.